The number of carbonyl (C=O) groups excluding carboxylic acids is 1. The van der Waals surface area contributed by atoms with E-state index >= 15 is 0 Å². The minimum Gasteiger partial charge on any atom is -0.493 e. The third kappa shape index (κ3) is 4.49. The average molecular weight is 328 g/mol. The van der Waals surface area contributed by atoms with Crippen molar-refractivity contribution in [3.05, 3.63) is 53.6 Å². The molecule has 0 spiro atoms. The monoisotopic (exact) mass is 328 g/mol. The fourth-order valence-electron chi connectivity index (χ4n) is 2.33. The molecule has 1 amide bonds. The van der Waals surface area contributed by atoms with Crippen LogP contribution in [0.1, 0.15) is 29.8 Å². The Kier molecular flexibility index (Phi) is 6.63. The lowest BCUT2D eigenvalue weighted by atomic mass is 10.1. The summed E-state index contributed by atoms with van der Waals surface area (Å²) in [6.45, 7) is 6.08. The van der Waals surface area contributed by atoms with Gasteiger partial charge in [-0.05, 0) is 43.3 Å². The number of para-hydroxylation sites is 1. The van der Waals surface area contributed by atoms with E-state index in [1.165, 1.54) is 0 Å². The molecule has 0 fully saturated rings. The van der Waals surface area contributed by atoms with Gasteiger partial charge < -0.3 is 20.1 Å². The summed E-state index contributed by atoms with van der Waals surface area (Å²) in [6.07, 6.45) is 0. The summed E-state index contributed by atoms with van der Waals surface area (Å²) in [4.78, 5) is 12.5. The molecular formula is C19H24N2O3. The van der Waals surface area contributed by atoms with Crippen LogP contribution in [0.2, 0.25) is 0 Å². The normalized spacial score (nSPS) is 10.3. The molecular weight excluding hydrogens is 304 g/mol. The van der Waals surface area contributed by atoms with Gasteiger partial charge in [0.1, 0.15) is 0 Å². The minimum absolute atomic E-state index is 0.180. The van der Waals surface area contributed by atoms with Gasteiger partial charge in [0.2, 0.25) is 0 Å². The SMILES string of the molecule is CCNCc1ccccc1NC(=O)c1ccc(OCC)c(OC)c1. The summed E-state index contributed by atoms with van der Waals surface area (Å²) in [5, 5.41) is 6.23. The molecule has 128 valence electrons. The second-order valence-corrected chi connectivity index (χ2v) is 5.19. The summed E-state index contributed by atoms with van der Waals surface area (Å²) < 4.78 is 10.8. The highest BCUT2D eigenvalue weighted by atomic mass is 16.5. The number of methoxy groups -OCH3 is 1. The zero-order valence-electron chi connectivity index (χ0n) is 14.4. The van der Waals surface area contributed by atoms with E-state index in [9.17, 15) is 4.79 Å². The van der Waals surface area contributed by atoms with E-state index in [0.717, 1.165) is 17.8 Å². The molecule has 2 aromatic rings. The number of hydrogen-bond acceptors (Lipinski definition) is 4. The lowest BCUT2D eigenvalue weighted by molar-refractivity contribution is 0.102. The molecule has 0 aromatic heterocycles. The first kappa shape index (κ1) is 17.8. The number of benzene rings is 2. The first-order valence-corrected chi connectivity index (χ1v) is 8.10. The van der Waals surface area contributed by atoms with Crippen LogP contribution in [0.3, 0.4) is 0 Å². The summed E-state index contributed by atoms with van der Waals surface area (Å²) in [6, 6.07) is 12.9. The molecule has 2 aromatic carbocycles. The van der Waals surface area contributed by atoms with Gasteiger partial charge in [-0.2, -0.15) is 0 Å². The van der Waals surface area contributed by atoms with E-state index in [0.29, 0.717) is 30.2 Å². The Morgan fingerprint density at radius 1 is 1.08 bits per heavy atom. The molecule has 2 N–H and O–H groups in total. The van der Waals surface area contributed by atoms with Gasteiger partial charge in [0.25, 0.3) is 5.91 Å². The molecule has 2 rings (SSSR count). The molecule has 0 atom stereocenters. The van der Waals surface area contributed by atoms with Crippen molar-refractivity contribution in [2.24, 2.45) is 0 Å². The Labute approximate surface area is 143 Å². The summed E-state index contributed by atoms with van der Waals surface area (Å²) in [5.74, 6) is 0.995. The molecule has 0 radical (unpaired) electrons. The largest absolute Gasteiger partial charge is 0.493 e. The highest BCUT2D eigenvalue weighted by Crippen LogP contribution is 2.28. The number of rotatable bonds is 8. The Balaban J connectivity index is 2.18. The highest BCUT2D eigenvalue weighted by Gasteiger charge is 2.12. The number of hydrogen-bond donors (Lipinski definition) is 2. The topological polar surface area (TPSA) is 59.6 Å². The molecule has 0 bridgehead atoms. The molecule has 0 aliphatic rings. The lowest BCUT2D eigenvalue weighted by Crippen LogP contribution is -2.17. The van der Waals surface area contributed by atoms with Crippen LogP contribution >= 0.6 is 0 Å². The van der Waals surface area contributed by atoms with Crippen molar-refractivity contribution in [3.63, 3.8) is 0 Å². The Morgan fingerprint density at radius 3 is 2.58 bits per heavy atom. The van der Waals surface area contributed by atoms with Crippen LogP contribution in [0.5, 0.6) is 11.5 Å². The van der Waals surface area contributed by atoms with Crippen LogP contribution in [0, 0.1) is 0 Å². The van der Waals surface area contributed by atoms with E-state index in [2.05, 4.69) is 10.6 Å². The van der Waals surface area contributed by atoms with Gasteiger partial charge >= 0.3 is 0 Å². The molecule has 0 heterocycles. The van der Waals surface area contributed by atoms with Gasteiger partial charge in [0, 0.05) is 17.8 Å². The van der Waals surface area contributed by atoms with Crippen molar-refractivity contribution in [1.29, 1.82) is 0 Å². The number of nitrogens with one attached hydrogen (secondary N) is 2. The van der Waals surface area contributed by atoms with Crippen molar-refractivity contribution in [2.45, 2.75) is 20.4 Å². The van der Waals surface area contributed by atoms with Gasteiger partial charge in [-0.3, -0.25) is 4.79 Å². The lowest BCUT2D eigenvalue weighted by Gasteiger charge is -2.13. The summed E-state index contributed by atoms with van der Waals surface area (Å²) >= 11 is 0. The maximum Gasteiger partial charge on any atom is 0.255 e. The molecule has 5 nitrogen and oxygen atoms in total. The standard InChI is InChI=1S/C19H24N2O3/c1-4-20-13-15-8-6-7-9-16(15)21-19(22)14-10-11-17(24-5-2)18(12-14)23-3/h6-12,20H,4-5,13H2,1-3H3,(H,21,22). The molecule has 0 saturated heterocycles. The quantitative estimate of drug-likeness (QED) is 0.779. The number of ether oxygens (including phenoxy) is 2. The molecule has 0 unspecified atom stereocenters. The first-order valence-electron chi connectivity index (χ1n) is 8.10. The van der Waals surface area contributed by atoms with E-state index in [1.54, 1.807) is 25.3 Å². The summed E-state index contributed by atoms with van der Waals surface area (Å²) in [7, 11) is 1.56. The van der Waals surface area contributed by atoms with Gasteiger partial charge in [-0.1, -0.05) is 25.1 Å². The zero-order valence-corrected chi connectivity index (χ0v) is 14.4. The van der Waals surface area contributed by atoms with Crippen molar-refractivity contribution in [2.75, 3.05) is 25.6 Å². The van der Waals surface area contributed by atoms with Crippen LogP contribution in [0.4, 0.5) is 5.69 Å². The first-order chi connectivity index (χ1) is 11.7. The number of anilines is 1. The van der Waals surface area contributed by atoms with Gasteiger partial charge in [0.15, 0.2) is 11.5 Å². The van der Waals surface area contributed by atoms with E-state index in [-0.39, 0.29) is 5.91 Å². The average Bonchev–Trinajstić information content (AvgIpc) is 2.61. The predicted molar refractivity (Wildman–Crippen MR) is 95.9 cm³/mol. The van der Waals surface area contributed by atoms with Gasteiger partial charge in [-0.15, -0.1) is 0 Å². The fourth-order valence-corrected chi connectivity index (χ4v) is 2.33. The highest BCUT2D eigenvalue weighted by molar-refractivity contribution is 6.05. The van der Waals surface area contributed by atoms with Gasteiger partial charge in [0.05, 0.1) is 13.7 Å². The summed E-state index contributed by atoms with van der Waals surface area (Å²) in [5.41, 5.74) is 2.37. The smallest absolute Gasteiger partial charge is 0.255 e. The third-order valence-electron chi connectivity index (χ3n) is 3.56. The second kappa shape index (κ2) is 8.93. The molecule has 0 saturated carbocycles. The molecule has 5 heteroatoms. The van der Waals surface area contributed by atoms with E-state index in [4.69, 9.17) is 9.47 Å². The molecule has 0 aliphatic heterocycles. The number of carbonyl (C=O) groups is 1. The van der Waals surface area contributed by atoms with Gasteiger partial charge in [-0.25, -0.2) is 0 Å². The van der Waals surface area contributed by atoms with Crippen molar-refractivity contribution >= 4 is 11.6 Å². The Hall–Kier alpha value is -2.53. The van der Waals surface area contributed by atoms with Crippen LogP contribution in [0.25, 0.3) is 0 Å². The maximum atomic E-state index is 12.5. The zero-order chi connectivity index (χ0) is 17.4. The van der Waals surface area contributed by atoms with Crippen LogP contribution < -0.4 is 20.1 Å². The fraction of sp³-hybridized carbons (Fsp3) is 0.316. The maximum absolute atomic E-state index is 12.5. The molecule has 24 heavy (non-hydrogen) atoms. The second-order valence-electron chi connectivity index (χ2n) is 5.19. The van der Waals surface area contributed by atoms with E-state index in [1.807, 2.05) is 38.1 Å². The van der Waals surface area contributed by atoms with Crippen molar-refractivity contribution in [1.82, 2.24) is 5.32 Å². The van der Waals surface area contributed by atoms with Crippen molar-refractivity contribution < 1.29 is 14.3 Å². The van der Waals surface area contributed by atoms with Crippen LogP contribution in [0.15, 0.2) is 42.5 Å². The Bertz CT molecular complexity index is 686. The van der Waals surface area contributed by atoms with E-state index < -0.39 is 0 Å². The molecule has 0 aliphatic carbocycles. The third-order valence-corrected chi connectivity index (χ3v) is 3.56. The predicted octanol–water partition coefficient (Wildman–Crippen LogP) is 3.46. The number of amides is 1. The van der Waals surface area contributed by atoms with Crippen LogP contribution in [-0.4, -0.2) is 26.2 Å². The van der Waals surface area contributed by atoms with Crippen molar-refractivity contribution in [3.8, 4) is 11.5 Å². The Morgan fingerprint density at radius 2 is 1.88 bits per heavy atom. The minimum atomic E-state index is -0.180. The van der Waals surface area contributed by atoms with Crippen LogP contribution in [-0.2, 0) is 6.54 Å².